The Labute approximate surface area is 565 Å². The van der Waals surface area contributed by atoms with E-state index in [1.165, 1.54) is 99.3 Å². The molecule has 0 radical (unpaired) electrons. The quantitative estimate of drug-likeness (QED) is 0.0625. The van der Waals surface area contributed by atoms with E-state index < -0.39 is 17.5 Å². The van der Waals surface area contributed by atoms with E-state index in [2.05, 4.69) is 15.0 Å². The van der Waals surface area contributed by atoms with E-state index in [9.17, 15) is 48.0 Å². The largest absolute Gasteiger partial charge is 0.508 e. The first kappa shape index (κ1) is 63.7. The van der Waals surface area contributed by atoms with Crippen LogP contribution in [0.1, 0.15) is 62.4 Å². The zero-order valence-corrected chi connectivity index (χ0v) is 54.7. The minimum absolute atomic E-state index is 0.0175. The normalized spacial score (nSPS) is 11.2. The maximum atomic E-state index is 13.9. The number of nitrogens with two attached hydrogens (primary N) is 2. The van der Waals surface area contributed by atoms with Gasteiger partial charge < -0.3 is 36.3 Å². The fourth-order valence-electron chi connectivity index (χ4n) is 11.1. The van der Waals surface area contributed by atoms with Gasteiger partial charge in [0, 0.05) is 85.7 Å². The molecule has 0 bridgehead atoms. The number of anilines is 2. The molecule has 9 aromatic carbocycles. The molecule has 0 unspecified atom stereocenters. The van der Waals surface area contributed by atoms with E-state index in [4.69, 9.17) is 15.9 Å². The summed E-state index contributed by atoms with van der Waals surface area (Å²) in [6, 6.07) is 50.5. The summed E-state index contributed by atoms with van der Waals surface area (Å²) < 4.78 is 49.4. The Morgan fingerprint density at radius 2 is 0.740 bits per heavy atom. The van der Waals surface area contributed by atoms with Crippen LogP contribution in [0.15, 0.2) is 203 Å². The predicted molar refractivity (Wildman–Crippen MR) is 379 cm³/mol. The second kappa shape index (κ2) is 26.4. The van der Waals surface area contributed by atoms with Crippen LogP contribution < -0.4 is 11.5 Å². The van der Waals surface area contributed by atoms with Gasteiger partial charge in [0.15, 0.2) is 5.82 Å². The van der Waals surface area contributed by atoms with Crippen LogP contribution in [0.5, 0.6) is 23.1 Å². The van der Waals surface area contributed by atoms with Gasteiger partial charge in [-0.2, -0.15) is 4.98 Å². The lowest BCUT2D eigenvalue weighted by Gasteiger charge is -2.08. The van der Waals surface area contributed by atoms with Crippen molar-refractivity contribution in [3.05, 3.63) is 264 Å². The first-order valence-corrected chi connectivity index (χ1v) is 33.5. The highest BCUT2D eigenvalue weighted by atomic mass is 32.1. The Morgan fingerprint density at radius 1 is 0.396 bits per heavy atom. The van der Waals surface area contributed by atoms with Crippen LogP contribution in [-0.2, 0) is 0 Å². The summed E-state index contributed by atoms with van der Waals surface area (Å²) in [7, 11) is 0. The molecule has 0 fully saturated rings. The first-order valence-electron chi connectivity index (χ1n) is 29.3. The van der Waals surface area contributed by atoms with Gasteiger partial charge >= 0.3 is 0 Å². The molecule has 96 heavy (non-hydrogen) atoms. The van der Waals surface area contributed by atoms with Crippen molar-refractivity contribution in [1.82, 2.24) is 15.0 Å². The summed E-state index contributed by atoms with van der Waals surface area (Å²) in [6.45, 7) is 5.35. The Kier molecular flexibility index (Phi) is 17.5. The van der Waals surface area contributed by atoms with Crippen LogP contribution in [0, 0.1) is 38.2 Å². The van der Waals surface area contributed by atoms with Crippen LogP contribution in [0.4, 0.5) is 24.8 Å². The number of aromatic nitrogens is 3. The molecule has 0 saturated heterocycles. The van der Waals surface area contributed by atoms with Crippen LogP contribution in [0.2, 0.25) is 0 Å². The molecule has 0 atom stereocenters. The number of rotatable bonds is 12. The average Bonchev–Trinajstić information content (AvgIpc) is 1.60. The third kappa shape index (κ3) is 12.9. The fourth-order valence-corrected chi connectivity index (χ4v) is 16.1. The van der Waals surface area contributed by atoms with Crippen molar-refractivity contribution in [3.8, 4) is 89.1 Å². The van der Waals surface area contributed by atoms with Crippen LogP contribution in [0.3, 0.4) is 0 Å². The molecule has 0 aliphatic carbocycles. The zero-order chi connectivity index (χ0) is 67.2. The number of carbonyl (C=O) groups excluding carboxylic acids is 3. The fraction of sp³-hybridized carbons (Fsp3) is 0.0400. The van der Waals surface area contributed by atoms with Crippen molar-refractivity contribution in [1.29, 1.82) is 0 Å². The Hall–Kier alpha value is -11.1. The SMILES string of the molecule is Cc1ccc(F)cc1C(=O)c1sc2cc(O)ccc2c1-c1ccc(-c2nc(N)co2)cc1.Cc1ccc(F)cc1C(=O)c1sc2cc(O)ccc2c1-c1ccc(-c2nc(N)cs2)cc1.Cc1ccc(F)cc1C(=O)c1sc2cc(O)ccc2c1-c1ccc(-c2nc(O)cs2)cc1. The third-order valence-corrected chi connectivity index (χ3v) is 21.0. The lowest BCUT2D eigenvalue weighted by atomic mass is 9.96. The van der Waals surface area contributed by atoms with Gasteiger partial charge in [0.2, 0.25) is 29.1 Å². The van der Waals surface area contributed by atoms with E-state index in [1.54, 1.807) is 104 Å². The van der Waals surface area contributed by atoms with Crippen LogP contribution >= 0.6 is 56.7 Å². The summed E-state index contributed by atoms with van der Waals surface area (Å²) in [4.78, 5) is 54.5. The number of phenolic OH excluding ortho intramolecular Hbond substituents is 3. The van der Waals surface area contributed by atoms with E-state index in [-0.39, 0.29) is 40.5 Å². The van der Waals surface area contributed by atoms with Gasteiger partial charge in [-0.25, -0.2) is 23.1 Å². The molecule has 15 aromatic rings. The van der Waals surface area contributed by atoms with E-state index in [0.29, 0.717) is 70.5 Å². The average molecular weight is 1370 g/mol. The lowest BCUT2D eigenvalue weighted by Crippen LogP contribution is -2.04. The summed E-state index contributed by atoms with van der Waals surface area (Å²) >= 11 is 6.66. The topological polar surface area (TPSA) is 236 Å². The van der Waals surface area contributed by atoms with Crippen LogP contribution in [-0.4, -0.2) is 52.7 Å². The molecule has 0 aliphatic rings. The van der Waals surface area contributed by atoms with Gasteiger partial charge in [-0.05, 0) is 157 Å². The molecule has 15 rings (SSSR count). The number of nitrogens with zero attached hydrogens (tertiary/aromatic N) is 3. The van der Waals surface area contributed by atoms with E-state index >= 15 is 0 Å². The second-order valence-electron chi connectivity index (χ2n) is 22.2. The molecule has 21 heteroatoms. The molecule has 6 heterocycles. The van der Waals surface area contributed by atoms with E-state index in [1.807, 2.05) is 72.8 Å². The number of benzene rings is 9. The van der Waals surface area contributed by atoms with Gasteiger partial charge in [-0.1, -0.05) is 78.9 Å². The summed E-state index contributed by atoms with van der Waals surface area (Å²) in [6.07, 6.45) is 1.38. The van der Waals surface area contributed by atoms with Gasteiger partial charge in [0.05, 0.1) is 20.0 Å². The van der Waals surface area contributed by atoms with E-state index in [0.717, 1.165) is 85.3 Å². The van der Waals surface area contributed by atoms with Crippen LogP contribution in [0.25, 0.3) is 96.2 Å². The number of thiophene rings is 3. The lowest BCUT2D eigenvalue weighted by molar-refractivity contribution is 0.103. The number of aromatic hydroxyl groups is 4. The van der Waals surface area contributed by atoms with Gasteiger partial charge in [-0.3, -0.25) is 14.4 Å². The number of oxazole rings is 1. The summed E-state index contributed by atoms with van der Waals surface area (Å²) in [5.41, 5.74) is 21.7. The van der Waals surface area contributed by atoms with Crippen molar-refractivity contribution in [2.24, 2.45) is 0 Å². The highest BCUT2D eigenvalue weighted by Crippen LogP contribution is 2.46. The maximum Gasteiger partial charge on any atom is 0.227 e. The van der Waals surface area contributed by atoms with Gasteiger partial charge in [0.1, 0.15) is 56.8 Å². The summed E-state index contributed by atoms with van der Waals surface area (Å²) in [5, 5.41) is 46.8. The minimum Gasteiger partial charge on any atom is -0.508 e. The van der Waals surface area contributed by atoms with Gasteiger partial charge in [0.25, 0.3) is 0 Å². The highest BCUT2D eigenvalue weighted by Gasteiger charge is 2.27. The van der Waals surface area contributed by atoms with Crippen molar-refractivity contribution in [3.63, 3.8) is 0 Å². The number of phenols is 3. The second-order valence-corrected chi connectivity index (χ2v) is 27.1. The number of carbonyl (C=O) groups is 3. The maximum absolute atomic E-state index is 13.9. The van der Waals surface area contributed by atoms with Gasteiger partial charge in [-0.15, -0.1) is 56.7 Å². The number of thiazole rings is 2. The Bertz CT molecular complexity index is 5000. The molecule has 0 aliphatic heterocycles. The predicted octanol–water partition coefficient (Wildman–Crippen LogP) is 19.6. The molecular formula is C75H50F3N5O8S5. The number of halogens is 3. The third-order valence-electron chi connectivity index (χ3n) is 15.8. The molecule has 0 saturated carbocycles. The van der Waals surface area contributed by atoms with Crippen molar-refractivity contribution in [2.45, 2.75) is 20.8 Å². The number of hydrogen-bond acceptors (Lipinski definition) is 18. The molecule has 0 spiro atoms. The standard InChI is InChI=1S/C25H17FN2O3S.C25H17FN2O2S2.C25H16FNO3S2/c2*1-13-2-7-16(26)10-19(13)23(30)24-22(18-9-8-17(29)11-20(18)32-24)14-3-5-15(6-4-14)25-28-21(27)12-31-25;1-13-2-7-16(26)10-19(13)23(30)24-22(18-9-8-17(28)11-20(18)32-24)14-3-5-15(6-4-14)25-27-21(29)12-31-25/h2*2-12,29H,27H2,1H3;2-12,28-29H,1H3. The molecular weight excluding hydrogens is 1320 g/mol. The number of hydrogen-bond donors (Lipinski definition) is 6. The monoisotopic (exact) mass is 1370 g/mol. The Balaban J connectivity index is 0.000000130. The first-order chi connectivity index (χ1) is 46.2. The van der Waals surface area contributed by atoms with Crippen molar-refractivity contribution < 1.29 is 52.4 Å². The zero-order valence-electron chi connectivity index (χ0n) is 50.6. The molecule has 8 N–H and O–H groups in total. The molecule has 474 valence electrons. The number of aryl methyl sites for hydroxylation is 3. The number of nitrogen functional groups attached to an aromatic ring is 2. The number of ketones is 3. The molecule has 6 aromatic heterocycles. The van der Waals surface area contributed by atoms with Crippen molar-refractivity contribution >= 4 is 116 Å². The molecule has 13 nitrogen and oxygen atoms in total. The number of fused-ring (bicyclic) bond motifs is 3. The molecule has 0 amide bonds. The summed E-state index contributed by atoms with van der Waals surface area (Å²) in [5.74, 6) is -0.617. The minimum atomic E-state index is -0.464. The Morgan fingerprint density at radius 3 is 1.06 bits per heavy atom. The highest BCUT2D eigenvalue weighted by molar-refractivity contribution is 7.22. The smallest absolute Gasteiger partial charge is 0.227 e. The van der Waals surface area contributed by atoms with Crippen molar-refractivity contribution in [2.75, 3.05) is 11.5 Å².